The number of thioether (sulfide) groups is 1. The maximum Gasteiger partial charge on any atom is 0.316 e. The molecule has 2 atom stereocenters. The van der Waals surface area contributed by atoms with Crippen molar-refractivity contribution in [2.75, 3.05) is 12.4 Å². The van der Waals surface area contributed by atoms with Crippen LogP contribution in [0.25, 0.3) is 0 Å². The van der Waals surface area contributed by atoms with Gasteiger partial charge in [0.15, 0.2) is 6.61 Å². The van der Waals surface area contributed by atoms with E-state index in [2.05, 4.69) is 36.5 Å². The van der Waals surface area contributed by atoms with E-state index in [1.807, 2.05) is 6.92 Å². The highest BCUT2D eigenvalue weighted by Gasteiger charge is 2.23. The number of hydrogen-bond donors (Lipinski definition) is 1. The molecular formula is C19H27NO3S. The van der Waals surface area contributed by atoms with Gasteiger partial charge in [-0.1, -0.05) is 49.6 Å². The fourth-order valence-corrected chi connectivity index (χ4v) is 3.68. The van der Waals surface area contributed by atoms with E-state index in [0.29, 0.717) is 5.92 Å². The molecule has 1 aliphatic rings. The van der Waals surface area contributed by atoms with Crippen LogP contribution in [0, 0.1) is 12.8 Å². The van der Waals surface area contributed by atoms with Crippen LogP contribution in [0.15, 0.2) is 24.3 Å². The van der Waals surface area contributed by atoms with Crippen molar-refractivity contribution in [1.29, 1.82) is 0 Å². The molecule has 0 spiro atoms. The summed E-state index contributed by atoms with van der Waals surface area (Å²) in [7, 11) is 0. The lowest BCUT2D eigenvalue weighted by Gasteiger charge is -2.29. The number of aryl methyl sites for hydroxylation is 1. The first kappa shape index (κ1) is 18.8. The first-order chi connectivity index (χ1) is 11.5. The van der Waals surface area contributed by atoms with Crippen LogP contribution in [-0.4, -0.2) is 30.3 Å². The topological polar surface area (TPSA) is 55.4 Å². The highest BCUT2D eigenvalue weighted by molar-refractivity contribution is 7.99. The first-order valence-electron chi connectivity index (χ1n) is 8.63. The quantitative estimate of drug-likeness (QED) is 0.766. The minimum atomic E-state index is -0.334. The molecule has 1 saturated carbocycles. The number of amides is 1. The molecule has 1 fully saturated rings. The molecule has 1 N–H and O–H groups in total. The summed E-state index contributed by atoms with van der Waals surface area (Å²) in [6.45, 7) is 4.04. The minimum absolute atomic E-state index is 0.173. The third kappa shape index (κ3) is 6.56. The van der Waals surface area contributed by atoms with E-state index in [1.165, 1.54) is 29.3 Å². The zero-order valence-electron chi connectivity index (χ0n) is 14.5. The maximum absolute atomic E-state index is 11.9. The van der Waals surface area contributed by atoms with Crippen molar-refractivity contribution in [2.45, 2.75) is 51.3 Å². The molecule has 1 amide bonds. The molecule has 132 valence electrons. The number of carbonyl (C=O) groups excluding carboxylic acids is 2. The predicted molar refractivity (Wildman–Crippen MR) is 97.9 cm³/mol. The Morgan fingerprint density at radius 1 is 1.21 bits per heavy atom. The molecule has 0 bridgehead atoms. The fourth-order valence-electron chi connectivity index (χ4n) is 2.90. The van der Waals surface area contributed by atoms with Gasteiger partial charge in [-0.15, -0.1) is 11.8 Å². The number of ether oxygens (including phenoxy) is 1. The fraction of sp³-hybridized carbons (Fsp3) is 0.579. The van der Waals surface area contributed by atoms with Gasteiger partial charge in [-0.25, -0.2) is 0 Å². The summed E-state index contributed by atoms with van der Waals surface area (Å²) in [5.41, 5.74) is 2.41. The standard InChI is InChI=1S/C19H27NO3S/c1-14-7-9-16(10-8-14)12-24-13-19(22)23-11-18(21)20-17-6-4-3-5-15(17)2/h7-10,15,17H,3-6,11-13H2,1-2H3,(H,20,21)/t15-,17-/m0/s1. The Labute approximate surface area is 148 Å². The van der Waals surface area contributed by atoms with Gasteiger partial charge < -0.3 is 10.1 Å². The molecule has 0 unspecified atom stereocenters. The van der Waals surface area contributed by atoms with Gasteiger partial charge >= 0.3 is 5.97 Å². The smallest absolute Gasteiger partial charge is 0.316 e. The average Bonchev–Trinajstić information content (AvgIpc) is 2.57. The van der Waals surface area contributed by atoms with Crippen LogP contribution in [0.2, 0.25) is 0 Å². The van der Waals surface area contributed by atoms with E-state index >= 15 is 0 Å². The van der Waals surface area contributed by atoms with E-state index in [-0.39, 0.29) is 30.3 Å². The van der Waals surface area contributed by atoms with Gasteiger partial charge in [-0.2, -0.15) is 0 Å². The maximum atomic E-state index is 11.9. The van der Waals surface area contributed by atoms with E-state index < -0.39 is 0 Å². The van der Waals surface area contributed by atoms with E-state index in [1.54, 1.807) is 0 Å². The van der Waals surface area contributed by atoms with Crippen molar-refractivity contribution in [2.24, 2.45) is 5.92 Å². The van der Waals surface area contributed by atoms with Crippen LogP contribution in [0.5, 0.6) is 0 Å². The Balaban J connectivity index is 1.60. The van der Waals surface area contributed by atoms with E-state index in [4.69, 9.17) is 4.74 Å². The third-order valence-corrected chi connectivity index (χ3v) is 5.41. The average molecular weight is 349 g/mol. The minimum Gasteiger partial charge on any atom is -0.455 e. The largest absolute Gasteiger partial charge is 0.455 e. The number of benzene rings is 1. The lowest BCUT2D eigenvalue weighted by molar-refractivity contribution is -0.146. The SMILES string of the molecule is Cc1ccc(CSCC(=O)OCC(=O)N[C@H]2CCCC[C@@H]2C)cc1. The van der Waals surface area contributed by atoms with Crippen LogP contribution >= 0.6 is 11.8 Å². The van der Waals surface area contributed by atoms with Crippen LogP contribution < -0.4 is 5.32 Å². The molecule has 1 aliphatic carbocycles. The second kappa shape index (κ2) is 9.72. The van der Waals surface area contributed by atoms with E-state index in [9.17, 15) is 9.59 Å². The van der Waals surface area contributed by atoms with Gasteiger partial charge in [0.05, 0.1) is 5.75 Å². The zero-order valence-corrected chi connectivity index (χ0v) is 15.4. The normalized spacial score (nSPS) is 20.4. The lowest BCUT2D eigenvalue weighted by atomic mass is 9.86. The molecule has 1 aromatic rings. The highest BCUT2D eigenvalue weighted by Crippen LogP contribution is 2.23. The van der Waals surface area contributed by atoms with Gasteiger partial charge in [0.2, 0.25) is 0 Å². The number of nitrogens with one attached hydrogen (secondary N) is 1. The number of rotatable bonds is 7. The van der Waals surface area contributed by atoms with Gasteiger partial charge in [0.1, 0.15) is 0 Å². The number of esters is 1. The molecule has 0 saturated heterocycles. The van der Waals surface area contributed by atoms with E-state index in [0.717, 1.165) is 25.0 Å². The third-order valence-electron chi connectivity index (χ3n) is 4.43. The summed E-state index contributed by atoms with van der Waals surface area (Å²) in [6.07, 6.45) is 4.57. The predicted octanol–water partition coefficient (Wildman–Crippen LogP) is 3.47. The van der Waals surface area contributed by atoms with Crippen LogP contribution in [0.3, 0.4) is 0 Å². The molecule has 24 heavy (non-hydrogen) atoms. The first-order valence-corrected chi connectivity index (χ1v) is 9.78. The second-order valence-corrected chi connectivity index (χ2v) is 7.56. The van der Waals surface area contributed by atoms with Gasteiger partial charge in [0.25, 0.3) is 5.91 Å². The summed E-state index contributed by atoms with van der Waals surface area (Å²) >= 11 is 1.50. The van der Waals surface area contributed by atoms with Crippen molar-refractivity contribution < 1.29 is 14.3 Å². The van der Waals surface area contributed by atoms with Gasteiger partial charge in [-0.3, -0.25) is 9.59 Å². The molecule has 0 heterocycles. The summed E-state index contributed by atoms with van der Waals surface area (Å²) < 4.78 is 5.07. The molecule has 0 aliphatic heterocycles. The Bertz CT molecular complexity index is 544. The van der Waals surface area contributed by atoms with Crippen LogP contribution in [-0.2, 0) is 20.1 Å². The summed E-state index contributed by atoms with van der Waals surface area (Å²) in [6, 6.07) is 8.47. The second-order valence-electron chi connectivity index (χ2n) is 6.57. The lowest BCUT2D eigenvalue weighted by Crippen LogP contribution is -2.43. The van der Waals surface area contributed by atoms with Gasteiger partial charge in [0, 0.05) is 11.8 Å². The van der Waals surface area contributed by atoms with Crippen LogP contribution in [0.1, 0.15) is 43.7 Å². The van der Waals surface area contributed by atoms with Crippen molar-refractivity contribution in [3.8, 4) is 0 Å². The van der Waals surface area contributed by atoms with Crippen molar-refractivity contribution in [3.63, 3.8) is 0 Å². The molecule has 0 aromatic heterocycles. The number of hydrogen-bond acceptors (Lipinski definition) is 4. The molecular weight excluding hydrogens is 322 g/mol. The monoisotopic (exact) mass is 349 g/mol. The van der Waals surface area contributed by atoms with Crippen molar-refractivity contribution >= 4 is 23.6 Å². The van der Waals surface area contributed by atoms with Crippen molar-refractivity contribution in [3.05, 3.63) is 35.4 Å². The van der Waals surface area contributed by atoms with Gasteiger partial charge in [-0.05, 0) is 31.2 Å². The summed E-state index contributed by atoms with van der Waals surface area (Å²) in [4.78, 5) is 23.6. The van der Waals surface area contributed by atoms with Crippen molar-refractivity contribution in [1.82, 2.24) is 5.32 Å². The molecule has 2 rings (SSSR count). The summed E-state index contributed by atoms with van der Waals surface area (Å²) in [5, 5.41) is 2.99. The highest BCUT2D eigenvalue weighted by atomic mass is 32.2. The Hall–Kier alpha value is -1.49. The molecule has 5 heteroatoms. The molecule has 0 radical (unpaired) electrons. The Morgan fingerprint density at radius 2 is 1.92 bits per heavy atom. The Kier molecular flexibility index (Phi) is 7.63. The molecule has 4 nitrogen and oxygen atoms in total. The number of carbonyl (C=O) groups is 2. The van der Waals surface area contributed by atoms with Crippen LogP contribution in [0.4, 0.5) is 0 Å². The summed E-state index contributed by atoms with van der Waals surface area (Å²) in [5.74, 6) is 1.01. The Morgan fingerprint density at radius 3 is 2.62 bits per heavy atom. The molecule has 1 aromatic carbocycles. The zero-order chi connectivity index (χ0) is 17.4.